The van der Waals surface area contributed by atoms with Crippen molar-refractivity contribution < 1.29 is 14.3 Å². The molecule has 0 aliphatic carbocycles. The third-order valence-electron chi connectivity index (χ3n) is 5.71. The molecule has 0 bridgehead atoms. The van der Waals surface area contributed by atoms with Crippen molar-refractivity contribution in [2.45, 2.75) is 31.6 Å². The normalized spacial score (nSPS) is 15.5. The number of rotatable bonds is 8. The number of nitrogens with zero attached hydrogens (tertiary/aromatic N) is 1. The van der Waals surface area contributed by atoms with Crippen molar-refractivity contribution in [2.24, 2.45) is 0 Å². The van der Waals surface area contributed by atoms with Gasteiger partial charge in [-0.15, -0.1) is 11.8 Å². The van der Waals surface area contributed by atoms with Crippen LogP contribution in [0.2, 0.25) is 0 Å². The summed E-state index contributed by atoms with van der Waals surface area (Å²) in [6.07, 6.45) is 3.34. The number of benzene rings is 3. The first kappa shape index (κ1) is 22.9. The maximum absolute atomic E-state index is 12.6. The number of amides is 2. The lowest BCUT2D eigenvalue weighted by molar-refractivity contribution is -0.115. The van der Waals surface area contributed by atoms with E-state index in [0.717, 1.165) is 42.0 Å². The van der Waals surface area contributed by atoms with E-state index in [4.69, 9.17) is 4.74 Å². The van der Waals surface area contributed by atoms with Crippen molar-refractivity contribution in [2.75, 3.05) is 23.1 Å². The van der Waals surface area contributed by atoms with Crippen LogP contribution in [0.25, 0.3) is 0 Å². The van der Waals surface area contributed by atoms with Gasteiger partial charge >= 0.3 is 0 Å². The lowest BCUT2D eigenvalue weighted by Crippen LogP contribution is -2.27. The van der Waals surface area contributed by atoms with E-state index in [1.54, 1.807) is 18.9 Å². The Balaban J connectivity index is 1.43. The summed E-state index contributed by atoms with van der Waals surface area (Å²) in [5, 5.41) is 2.86. The molecule has 0 radical (unpaired) electrons. The van der Waals surface area contributed by atoms with Crippen LogP contribution in [0.15, 0.2) is 72.8 Å². The lowest BCUT2D eigenvalue weighted by Gasteiger charge is -2.24. The highest BCUT2D eigenvalue weighted by molar-refractivity contribution is 8.00. The van der Waals surface area contributed by atoms with Crippen molar-refractivity contribution >= 4 is 35.0 Å². The highest BCUT2D eigenvalue weighted by Gasteiger charge is 2.34. The molecule has 6 heteroatoms. The van der Waals surface area contributed by atoms with E-state index in [-0.39, 0.29) is 17.2 Å². The smallest absolute Gasteiger partial charge is 0.255 e. The molecule has 1 saturated heterocycles. The van der Waals surface area contributed by atoms with E-state index in [2.05, 4.69) is 12.2 Å². The van der Waals surface area contributed by atoms with Gasteiger partial charge in [0.05, 0.1) is 12.9 Å². The standard InChI is InChI=1S/C27H28N2O3S/c1-3-4-5-19-6-8-20(9-7-19)26(31)28-22-12-10-21(11-13-22)27-29(25(30)18-33-27)23-14-16-24(32-2)17-15-23/h6-17,27H,3-5,18H2,1-2H3,(H,28,31)/t27-/m1/s1. The molecule has 3 aromatic rings. The minimum atomic E-state index is -0.130. The number of hydrogen-bond donors (Lipinski definition) is 1. The maximum Gasteiger partial charge on any atom is 0.255 e. The van der Waals surface area contributed by atoms with Gasteiger partial charge in [-0.25, -0.2) is 0 Å². The highest BCUT2D eigenvalue weighted by Crippen LogP contribution is 2.42. The van der Waals surface area contributed by atoms with Crippen molar-refractivity contribution in [1.29, 1.82) is 0 Å². The molecule has 0 unspecified atom stereocenters. The fourth-order valence-electron chi connectivity index (χ4n) is 3.83. The monoisotopic (exact) mass is 460 g/mol. The van der Waals surface area contributed by atoms with Gasteiger partial charge in [0.15, 0.2) is 0 Å². The average molecular weight is 461 g/mol. The third-order valence-corrected chi connectivity index (χ3v) is 6.92. The average Bonchev–Trinajstić information content (AvgIpc) is 3.24. The summed E-state index contributed by atoms with van der Waals surface area (Å²) in [4.78, 5) is 27.0. The first-order valence-corrected chi connectivity index (χ1v) is 12.2. The number of unbranched alkanes of at least 4 members (excludes halogenated alkanes) is 1. The van der Waals surface area contributed by atoms with Crippen molar-refractivity contribution in [1.82, 2.24) is 0 Å². The number of ether oxygens (including phenoxy) is 1. The number of hydrogen-bond acceptors (Lipinski definition) is 4. The molecule has 33 heavy (non-hydrogen) atoms. The second kappa shape index (κ2) is 10.6. The minimum Gasteiger partial charge on any atom is -0.497 e. The summed E-state index contributed by atoms with van der Waals surface area (Å²) in [5.41, 5.74) is 4.48. The number of aryl methyl sites for hydroxylation is 1. The fraction of sp³-hybridized carbons (Fsp3) is 0.259. The van der Waals surface area contributed by atoms with Gasteiger partial charge < -0.3 is 10.1 Å². The molecule has 1 atom stereocenters. The quantitative estimate of drug-likeness (QED) is 0.443. The van der Waals surface area contributed by atoms with Crippen molar-refractivity contribution in [3.05, 3.63) is 89.5 Å². The zero-order valence-corrected chi connectivity index (χ0v) is 19.7. The van der Waals surface area contributed by atoms with E-state index < -0.39 is 0 Å². The van der Waals surface area contributed by atoms with Crippen LogP contribution in [0, 0.1) is 0 Å². The third kappa shape index (κ3) is 5.40. The van der Waals surface area contributed by atoms with Gasteiger partial charge in [-0.3, -0.25) is 14.5 Å². The van der Waals surface area contributed by atoms with Gasteiger partial charge in [0.2, 0.25) is 5.91 Å². The Morgan fingerprint density at radius 1 is 1.03 bits per heavy atom. The first-order valence-electron chi connectivity index (χ1n) is 11.2. The van der Waals surface area contributed by atoms with Crippen LogP contribution >= 0.6 is 11.8 Å². The lowest BCUT2D eigenvalue weighted by atomic mass is 10.1. The summed E-state index contributed by atoms with van der Waals surface area (Å²) in [6.45, 7) is 2.17. The Hall–Kier alpha value is -3.25. The number of thioether (sulfide) groups is 1. The molecule has 1 aliphatic heterocycles. The highest BCUT2D eigenvalue weighted by atomic mass is 32.2. The Labute approximate surface area is 199 Å². The maximum atomic E-state index is 12.6. The molecule has 170 valence electrons. The molecule has 1 fully saturated rings. The first-order chi connectivity index (χ1) is 16.1. The molecule has 1 N–H and O–H groups in total. The number of carbonyl (C=O) groups excluding carboxylic acids is 2. The molecule has 3 aromatic carbocycles. The van der Waals surface area contributed by atoms with Gasteiger partial charge in [-0.1, -0.05) is 37.6 Å². The van der Waals surface area contributed by atoms with E-state index in [0.29, 0.717) is 11.3 Å². The summed E-state index contributed by atoms with van der Waals surface area (Å²) < 4.78 is 5.23. The molecule has 4 rings (SSSR count). The number of carbonyl (C=O) groups is 2. The summed E-state index contributed by atoms with van der Waals surface area (Å²) in [5.74, 6) is 1.14. The van der Waals surface area contributed by atoms with Crippen LogP contribution in [-0.4, -0.2) is 24.7 Å². The second-order valence-corrected chi connectivity index (χ2v) is 9.07. The number of anilines is 2. The largest absolute Gasteiger partial charge is 0.497 e. The van der Waals surface area contributed by atoms with Crippen LogP contribution in [-0.2, 0) is 11.2 Å². The van der Waals surface area contributed by atoms with Crippen molar-refractivity contribution in [3.63, 3.8) is 0 Å². The van der Waals surface area contributed by atoms with E-state index in [9.17, 15) is 9.59 Å². The molecular formula is C27H28N2O3S. The van der Waals surface area contributed by atoms with Gasteiger partial charge in [0.25, 0.3) is 5.91 Å². The number of methoxy groups -OCH3 is 1. The fourth-order valence-corrected chi connectivity index (χ4v) is 5.01. The Bertz CT molecular complexity index is 1100. The zero-order chi connectivity index (χ0) is 23.2. The second-order valence-electron chi connectivity index (χ2n) is 8.00. The molecule has 0 aromatic heterocycles. The summed E-state index contributed by atoms with van der Waals surface area (Å²) >= 11 is 1.60. The van der Waals surface area contributed by atoms with Crippen LogP contribution in [0.4, 0.5) is 11.4 Å². The van der Waals surface area contributed by atoms with Crippen LogP contribution in [0.1, 0.15) is 46.6 Å². The summed E-state index contributed by atoms with van der Waals surface area (Å²) in [6, 6.07) is 23.0. The molecule has 0 spiro atoms. The molecule has 5 nitrogen and oxygen atoms in total. The van der Waals surface area contributed by atoms with Crippen molar-refractivity contribution in [3.8, 4) is 5.75 Å². The van der Waals surface area contributed by atoms with Crippen LogP contribution < -0.4 is 15.0 Å². The topological polar surface area (TPSA) is 58.6 Å². The van der Waals surface area contributed by atoms with Gasteiger partial charge in [-0.2, -0.15) is 0 Å². The number of nitrogens with one attached hydrogen (secondary N) is 1. The minimum absolute atomic E-state index is 0.0786. The van der Waals surface area contributed by atoms with E-state index in [1.165, 1.54) is 5.56 Å². The molecule has 1 aliphatic rings. The van der Waals surface area contributed by atoms with Gasteiger partial charge in [-0.05, 0) is 72.5 Å². The van der Waals surface area contributed by atoms with E-state index >= 15 is 0 Å². The Morgan fingerprint density at radius 2 is 1.73 bits per heavy atom. The van der Waals surface area contributed by atoms with Crippen LogP contribution in [0.3, 0.4) is 0 Å². The molecule has 0 saturated carbocycles. The van der Waals surface area contributed by atoms with Crippen LogP contribution in [0.5, 0.6) is 5.75 Å². The Morgan fingerprint density at radius 3 is 2.36 bits per heavy atom. The SMILES string of the molecule is CCCCc1ccc(C(=O)Nc2ccc([C@H]3SCC(=O)N3c3ccc(OC)cc3)cc2)cc1. The van der Waals surface area contributed by atoms with E-state index in [1.807, 2.05) is 77.7 Å². The predicted octanol–water partition coefficient (Wildman–Crippen LogP) is 6.07. The van der Waals surface area contributed by atoms with Gasteiger partial charge in [0, 0.05) is 16.9 Å². The van der Waals surface area contributed by atoms with Gasteiger partial charge in [0.1, 0.15) is 11.1 Å². The molecule has 1 heterocycles. The zero-order valence-electron chi connectivity index (χ0n) is 18.9. The Kier molecular flexibility index (Phi) is 7.35. The predicted molar refractivity (Wildman–Crippen MR) is 135 cm³/mol. The molecular weight excluding hydrogens is 432 g/mol. The summed E-state index contributed by atoms with van der Waals surface area (Å²) in [7, 11) is 1.62. The molecule has 2 amide bonds.